The lowest BCUT2D eigenvalue weighted by atomic mass is 10.0. The number of benzene rings is 1. The Morgan fingerprint density at radius 3 is 2.64 bits per heavy atom. The van der Waals surface area contributed by atoms with Crippen molar-refractivity contribution in [2.75, 3.05) is 0 Å². The molecule has 4 rings (SSSR count). The van der Waals surface area contributed by atoms with Gasteiger partial charge in [0.1, 0.15) is 11.3 Å². The second kappa shape index (κ2) is 6.24. The van der Waals surface area contributed by atoms with Crippen LogP contribution in [0.25, 0.3) is 22.3 Å². The van der Waals surface area contributed by atoms with Crippen LogP contribution in [0.15, 0.2) is 72.0 Å². The Balaban J connectivity index is 1.75. The van der Waals surface area contributed by atoms with Gasteiger partial charge >= 0.3 is 0 Å². The second-order valence-corrected chi connectivity index (χ2v) is 5.58. The van der Waals surface area contributed by atoms with Crippen molar-refractivity contribution in [3.63, 3.8) is 0 Å². The maximum Gasteiger partial charge on any atom is 0.270 e. The molecule has 0 atom stereocenters. The summed E-state index contributed by atoms with van der Waals surface area (Å²) >= 11 is 0. The van der Waals surface area contributed by atoms with Gasteiger partial charge in [0.2, 0.25) is 0 Å². The molecule has 0 saturated heterocycles. The highest BCUT2D eigenvalue weighted by molar-refractivity contribution is 5.69. The van der Waals surface area contributed by atoms with Gasteiger partial charge in [0, 0.05) is 29.7 Å². The van der Waals surface area contributed by atoms with E-state index in [1.54, 1.807) is 42.9 Å². The number of halogens is 1. The molecule has 6 heteroatoms. The molecule has 4 aromatic rings. The normalized spacial score (nSPS) is 10.9. The van der Waals surface area contributed by atoms with Crippen LogP contribution in [0, 0.1) is 5.82 Å². The highest BCUT2D eigenvalue weighted by Crippen LogP contribution is 2.21. The Labute approximate surface area is 142 Å². The van der Waals surface area contributed by atoms with E-state index >= 15 is 0 Å². The average molecular weight is 332 g/mol. The summed E-state index contributed by atoms with van der Waals surface area (Å²) < 4.78 is 16.0. The lowest BCUT2D eigenvalue weighted by molar-refractivity contribution is 0.599. The molecule has 1 aromatic carbocycles. The van der Waals surface area contributed by atoms with E-state index in [4.69, 9.17) is 0 Å². The van der Waals surface area contributed by atoms with E-state index in [1.807, 2.05) is 12.1 Å². The number of rotatable bonds is 3. The molecule has 25 heavy (non-hydrogen) atoms. The van der Waals surface area contributed by atoms with Crippen LogP contribution in [-0.4, -0.2) is 19.5 Å². The number of pyridine rings is 2. The van der Waals surface area contributed by atoms with E-state index < -0.39 is 0 Å². The first-order valence-electron chi connectivity index (χ1n) is 7.72. The fourth-order valence-electron chi connectivity index (χ4n) is 2.71. The van der Waals surface area contributed by atoms with Crippen LogP contribution in [0.5, 0.6) is 0 Å². The van der Waals surface area contributed by atoms with Crippen molar-refractivity contribution >= 4 is 11.2 Å². The summed E-state index contributed by atoms with van der Waals surface area (Å²) in [5, 5.41) is 0. The largest absolute Gasteiger partial charge is 0.285 e. The van der Waals surface area contributed by atoms with Gasteiger partial charge in [0.05, 0.1) is 12.7 Å². The molecule has 3 aromatic heterocycles. The summed E-state index contributed by atoms with van der Waals surface area (Å²) in [6, 6.07) is 12.1. The van der Waals surface area contributed by atoms with E-state index in [0.717, 1.165) is 11.1 Å². The van der Waals surface area contributed by atoms with E-state index in [2.05, 4.69) is 15.0 Å². The molecule has 122 valence electrons. The van der Waals surface area contributed by atoms with Crippen LogP contribution >= 0.6 is 0 Å². The van der Waals surface area contributed by atoms with Crippen molar-refractivity contribution in [1.82, 2.24) is 19.5 Å². The molecule has 0 bridgehead atoms. The lowest BCUT2D eigenvalue weighted by Crippen LogP contribution is -2.22. The van der Waals surface area contributed by atoms with Gasteiger partial charge in [0.25, 0.3) is 5.56 Å². The average Bonchev–Trinajstić information content (AvgIpc) is 2.66. The van der Waals surface area contributed by atoms with Gasteiger partial charge in [-0.25, -0.2) is 14.4 Å². The maximum absolute atomic E-state index is 14.6. The smallest absolute Gasteiger partial charge is 0.270 e. The predicted molar refractivity (Wildman–Crippen MR) is 92.5 cm³/mol. The van der Waals surface area contributed by atoms with Gasteiger partial charge in [-0.3, -0.25) is 14.3 Å². The van der Waals surface area contributed by atoms with Crippen molar-refractivity contribution in [1.29, 1.82) is 0 Å². The molecule has 0 saturated carbocycles. The Hall–Kier alpha value is -3.41. The van der Waals surface area contributed by atoms with E-state index in [1.165, 1.54) is 16.8 Å². The number of hydrogen-bond donors (Lipinski definition) is 0. The van der Waals surface area contributed by atoms with Crippen LogP contribution in [0.4, 0.5) is 4.39 Å². The Bertz CT molecular complexity index is 1110. The first-order chi connectivity index (χ1) is 12.2. The molecule has 0 amide bonds. The summed E-state index contributed by atoms with van der Waals surface area (Å²) in [7, 11) is 0. The number of fused-ring (bicyclic) bond motifs is 1. The molecule has 0 aliphatic rings. The zero-order valence-electron chi connectivity index (χ0n) is 13.1. The first-order valence-corrected chi connectivity index (χ1v) is 7.72. The van der Waals surface area contributed by atoms with E-state index in [9.17, 15) is 9.18 Å². The Morgan fingerprint density at radius 1 is 0.960 bits per heavy atom. The SMILES string of the molecule is O=c1cnc2cccnc2n1Cc1ccc(-c2cccnc2)cc1F. The van der Waals surface area contributed by atoms with Crippen LogP contribution in [0.1, 0.15) is 5.56 Å². The fraction of sp³-hybridized carbons (Fsp3) is 0.0526. The minimum absolute atomic E-state index is 0.0913. The molecular formula is C19H13FN4O. The molecule has 0 aliphatic heterocycles. The number of nitrogens with zero attached hydrogens (tertiary/aromatic N) is 4. The van der Waals surface area contributed by atoms with Gasteiger partial charge in [-0.1, -0.05) is 18.2 Å². The molecule has 0 N–H and O–H groups in total. The third-order valence-electron chi connectivity index (χ3n) is 3.98. The van der Waals surface area contributed by atoms with Crippen molar-refractivity contribution in [3.05, 3.63) is 89.0 Å². The summed E-state index contributed by atoms with van der Waals surface area (Å²) in [6.07, 6.45) is 6.16. The van der Waals surface area contributed by atoms with Crippen LogP contribution < -0.4 is 5.56 Å². The standard InChI is InChI=1S/C19H13FN4O/c20-16-9-13(14-3-1-7-21-10-14)5-6-15(16)12-24-18(25)11-23-17-4-2-8-22-19(17)24/h1-11H,12H2. The molecule has 0 spiro atoms. The monoisotopic (exact) mass is 332 g/mol. The molecular weight excluding hydrogens is 319 g/mol. The minimum Gasteiger partial charge on any atom is -0.285 e. The van der Waals surface area contributed by atoms with E-state index in [-0.39, 0.29) is 17.9 Å². The molecule has 0 radical (unpaired) electrons. The first kappa shape index (κ1) is 15.1. The summed E-state index contributed by atoms with van der Waals surface area (Å²) in [5.41, 5.74) is 2.69. The maximum atomic E-state index is 14.6. The third kappa shape index (κ3) is 2.89. The van der Waals surface area contributed by atoms with Gasteiger partial charge in [-0.05, 0) is 29.8 Å². The summed E-state index contributed by atoms with van der Waals surface area (Å²) in [5.74, 6) is -0.380. The van der Waals surface area contributed by atoms with Crippen molar-refractivity contribution in [2.24, 2.45) is 0 Å². The third-order valence-corrected chi connectivity index (χ3v) is 3.98. The zero-order chi connectivity index (χ0) is 17.2. The highest BCUT2D eigenvalue weighted by Gasteiger charge is 2.10. The van der Waals surface area contributed by atoms with Gasteiger partial charge in [0.15, 0.2) is 5.65 Å². The topological polar surface area (TPSA) is 60.7 Å². The highest BCUT2D eigenvalue weighted by atomic mass is 19.1. The van der Waals surface area contributed by atoms with Crippen LogP contribution in [-0.2, 0) is 6.54 Å². The quantitative estimate of drug-likeness (QED) is 0.578. The number of hydrogen-bond acceptors (Lipinski definition) is 4. The van der Waals surface area contributed by atoms with Gasteiger partial charge in [-0.2, -0.15) is 0 Å². The van der Waals surface area contributed by atoms with Gasteiger partial charge in [-0.15, -0.1) is 0 Å². The van der Waals surface area contributed by atoms with E-state index in [0.29, 0.717) is 16.7 Å². The van der Waals surface area contributed by atoms with Crippen molar-refractivity contribution in [3.8, 4) is 11.1 Å². The molecule has 5 nitrogen and oxygen atoms in total. The lowest BCUT2D eigenvalue weighted by Gasteiger charge is -2.10. The van der Waals surface area contributed by atoms with Crippen molar-refractivity contribution in [2.45, 2.75) is 6.54 Å². The van der Waals surface area contributed by atoms with Crippen molar-refractivity contribution < 1.29 is 4.39 Å². The molecule has 0 unspecified atom stereocenters. The van der Waals surface area contributed by atoms with Crippen LogP contribution in [0.3, 0.4) is 0 Å². The Morgan fingerprint density at radius 2 is 1.84 bits per heavy atom. The molecule has 0 fully saturated rings. The minimum atomic E-state index is -0.380. The number of aromatic nitrogens is 4. The fourth-order valence-corrected chi connectivity index (χ4v) is 2.71. The molecule has 0 aliphatic carbocycles. The summed E-state index contributed by atoms with van der Waals surface area (Å²) in [6.45, 7) is 0.0913. The van der Waals surface area contributed by atoms with Gasteiger partial charge < -0.3 is 0 Å². The summed E-state index contributed by atoms with van der Waals surface area (Å²) in [4.78, 5) is 24.5. The Kier molecular flexibility index (Phi) is 3.78. The second-order valence-electron chi connectivity index (χ2n) is 5.58. The zero-order valence-corrected chi connectivity index (χ0v) is 13.1. The van der Waals surface area contributed by atoms with Crippen LogP contribution in [0.2, 0.25) is 0 Å². The predicted octanol–water partition coefficient (Wildman–Crippen LogP) is 3.04. The molecule has 3 heterocycles.